The van der Waals surface area contributed by atoms with Crippen LogP contribution in [0.4, 0.5) is 0 Å². The molecule has 0 saturated heterocycles. The highest BCUT2D eigenvalue weighted by molar-refractivity contribution is 6.33. The first-order valence-corrected chi connectivity index (χ1v) is 7.06. The van der Waals surface area contributed by atoms with Crippen LogP contribution in [0.15, 0.2) is 23.6 Å². The van der Waals surface area contributed by atoms with Gasteiger partial charge in [0.1, 0.15) is 5.02 Å². The molecule has 0 spiro atoms. The van der Waals surface area contributed by atoms with Gasteiger partial charge in [-0.3, -0.25) is 4.99 Å². The van der Waals surface area contributed by atoms with E-state index in [-0.39, 0.29) is 0 Å². The Kier molecular flexibility index (Phi) is 4.79. The number of hydrogen-bond acceptors (Lipinski definition) is 3. The van der Waals surface area contributed by atoms with Crippen LogP contribution in [0.25, 0.3) is 5.65 Å². The minimum atomic E-state index is 0.556. The van der Waals surface area contributed by atoms with Crippen LogP contribution in [0, 0.1) is 0 Å². The molecule has 0 bridgehead atoms. The van der Waals surface area contributed by atoms with Gasteiger partial charge in [0.25, 0.3) is 0 Å². The van der Waals surface area contributed by atoms with Crippen LogP contribution in [0.5, 0.6) is 0 Å². The van der Waals surface area contributed by atoms with Crippen molar-refractivity contribution >= 4 is 23.2 Å². The van der Waals surface area contributed by atoms with E-state index in [1.165, 1.54) is 0 Å². The molecule has 0 atom stereocenters. The van der Waals surface area contributed by atoms with E-state index in [2.05, 4.69) is 28.9 Å². The molecule has 6 nitrogen and oxygen atoms in total. The number of halogens is 1. The van der Waals surface area contributed by atoms with Crippen LogP contribution in [0.2, 0.25) is 5.02 Å². The van der Waals surface area contributed by atoms with E-state index in [9.17, 15) is 0 Å². The number of guanidine groups is 1. The Morgan fingerprint density at radius 3 is 2.85 bits per heavy atom. The molecule has 108 valence electrons. The molecule has 2 rings (SSSR count). The van der Waals surface area contributed by atoms with Gasteiger partial charge in [-0.1, -0.05) is 11.6 Å². The molecule has 0 aliphatic carbocycles. The topological polar surface area (TPSA) is 71.8 Å². The maximum absolute atomic E-state index is 5.95. The van der Waals surface area contributed by atoms with Gasteiger partial charge in [-0.25, -0.2) is 9.50 Å². The Bertz CT molecular complexity index is 602. The van der Waals surface area contributed by atoms with Crippen molar-refractivity contribution in [3.63, 3.8) is 0 Å². The molecule has 2 N–H and O–H groups in total. The molecule has 0 unspecified atom stereocenters. The summed E-state index contributed by atoms with van der Waals surface area (Å²) < 4.78 is 1.68. The Morgan fingerprint density at radius 1 is 1.40 bits per heavy atom. The van der Waals surface area contributed by atoms with E-state index in [1.54, 1.807) is 16.9 Å². The fourth-order valence-electron chi connectivity index (χ4n) is 1.96. The molecule has 0 aliphatic rings. The smallest absolute Gasteiger partial charge is 0.191 e. The molecule has 0 aromatic carbocycles. The summed E-state index contributed by atoms with van der Waals surface area (Å²) in [7, 11) is 0. The zero-order valence-electron chi connectivity index (χ0n) is 11.8. The van der Waals surface area contributed by atoms with Gasteiger partial charge in [-0.05, 0) is 25.8 Å². The highest BCUT2D eigenvalue weighted by Crippen LogP contribution is 2.14. The van der Waals surface area contributed by atoms with Crippen molar-refractivity contribution in [3.8, 4) is 0 Å². The van der Waals surface area contributed by atoms with Crippen LogP contribution in [-0.2, 0) is 6.42 Å². The summed E-state index contributed by atoms with van der Waals surface area (Å²) in [6.45, 7) is 6.48. The second-order valence-corrected chi connectivity index (χ2v) is 4.79. The molecule has 2 heterocycles. The molecular weight excluding hydrogens is 276 g/mol. The van der Waals surface area contributed by atoms with Gasteiger partial charge in [-0.15, -0.1) is 0 Å². The van der Waals surface area contributed by atoms with Gasteiger partial charge in [0.15, 0.2) is 11.6 Å². The fourth-order valence-corrected chi connectivity index (χ4v) is 2.14. The average molecular weight is 295 g/mol. The molecule has 2 aromatic heterocycles. The maximum atomic E-state index is 5.95. The van der Waals surface area contributed by atoms with Crippen molar-refractivity contribution < 1.29 is 0 Å². The van der Waals surface area contributed by atoms with Crippen LogP contribution < -0.4 is 5.73 Å². The van der Waals surface area contributed by atoms with Crippen LogP contribution in [-0.4, -0.2) is 45.1 Å². The molecular formula is C13H19ClN6. The Hall–Kier alpha value is -1.82. The van der Waals surface area contributed by atoms with Crippen molar-refractivity contribution in [2.24, 2.45) is 10.7 Å². The van der Waals surface area contributed by atoms with E-state index in [1.807, 2.05) is 11.1 Å². The lowest BCUT2D eigenvalue weighted by atomic mass is 10.2. The molecule has 7 heteroatoms. The summed E-state index contributed by atoms with van der Waals surface area (Å²) in [6, 6.07) is 0. The molecule has 0 fully saturated rings. The lowest BCUT2D eigenvalue weighted by Gasteiger charge is -2.19. The molecule has 2 aromatic rings. The van der Waals surface area contributed by atoms with E-state index in [4.69, 9.17) is 17.3 Å². The van der Waals surface area contributed by atoms with Crippen molar-refractivity contribution in [1.82, 2.24) is 19.5 Å². The van der Waals surface area contributed by atoms with Crippen molar-refractivity contribution in [3.05, 3.63) is 29.2 Å². The van der Waals surface area contributed by atoms with Gasteiger partial charge in [-0.2, -0.15) is 5.10 Å². The maximum Gasteiger partial charge on any atom is 0.191 e. The Morgan fingerprint density at radius 2 is 2.15 bits per heavy atom. The number of nitrogens with two attached hydrogens (primary N) is 1. The van der Waals surface area contributed by atoms with Crippen molar-refractivity contribution in [2.45, 2.75) is 20.3 Å². The number of nitrogens with zero attached hydrogens (tertiary/aromatic N) is 5. The molecule has 0 aliphatic heterocycles. The van der Waals surface area contributed by atoms with Crippen LogP contribution in [0.1, 0.15) is 19.4 Å². The summed E-state index contributed by atoms with van der Waals surface area (Å²) in [5, 5.41) is 4.69. The predicted molar refractivity (Wildman–Crippen MR) is 81.1 cm³/mol. The molecule has 0 saturated carbocycles. The predicted octanol–water partition coefficient (Wildman–Crippen LogP) is 1.58. The quantitative estimate of drug-likeness (QED) is 0.671. The SMILES string of the molecule is CCN(CC)C(N)=NCCc1cnc2c(Cl)cnn2c1. The number of aliphatic imine (C=N–C) groups is 1. The zero-order valence-corrected chi connectivity index (χ0v) is 12.5. The van der Waals surface area contributed by atoms with Crippen molar-refractivity contribution in [1.29, 1.82) is 0 Å². The van der Waals surface area contributed by atoms with Crippen LogP contribution >= 0.6 is 11.6 Å². The average Bonchev–Trinajstić information content (AvgIpc) is 2.81. The summed E-state index contributed by atoms with van der Waals surface area (Å²) in [4.78, 5) is 10.7. The minimum absolute atomic E-state index is 0.556. The highest BCUT2D eigenvalue weighted by atomic mass is 35.5. The van der Waals surface area contributed by atoms with E-state index < -0.39 is 0 Å². The Balaban J connectivity index is 2.00. The summed E-state index contributed by atoms with van der Waals surface area (Å²) >= 11 is 5.95. The monoisotopic (exact) mass is 294 g/mol. The normalized spacial score (nSPS) is 12.1. The second kappa shape index (κ2) is 6.56. The van der Waals surface area contributed by atoms with Gasteiger partial charge in [0.2, 0.25) is 0 Å². The third-order valence-corrected chi connectivity index (χ3v) is 3.40. The molecule has 0 amide bonds. The largest absolute Gasteiger partial charge is 0.370 e. The van der Waals surface area contributed by atoms with Gasteiger partial charge in [0, 0.05) is 32.0 Å². The highest BCUT2D eigenvalue weighted by Gasteiger charge is 2.04. The first-order valence-electron chi connectivity index (χ1n) is 6.68. The lowest BCUT2D eigenvalue weighted by molar-refractivity contribution is 0.458. The standard InChI is InChI=1S/C13H19ClN6/c1-3-19(4-2)13(15)16-6-5-10-7-17-12-11(14)8-18-20(12)9-10/h7-9H,3-6H2,1-2H3,(H2,15,16). The molecule has 20 heavy (non-hydrogen) atoms. The number of rotatable bonds is 5. The number of fused-ring (bicyclic) bond motifs is 1. The van der Waals surface area contributed by atoms with E-state index >= 15 is 0 Å². The van der Waals surface area contributed by atoms with Crippen molar-refractivity contribution in [2.75, 3.05) is 19.6 Å². The number of aromatic nitrogens is 3. The zero-order chi connectivity index (χ0) is 14.5. The van der Waals surface area contributed by atoms with Crippen LogP contribution in [0.3, 0.4) is 0 Å². The van der Waals surface area contributed by atoms with Gasteiger partial charge < -0.3 is 10.6 Å². The lowest BCUT2D eigenvalue weighted by Crippen LogP contribution is -2.37. The first-order chi connectivity index (χ1) is 9.65. The van der Waals surface area contributed by atoms with E-state index in [0.29, 0.717) is 23.2 Å². The van der Waals surface area contributed by atoms with Gasteiger partial charge >= 0.3 is 0 Å². The van der Waals surface area contributed by atoms with E-state index in [0.717, 1.165) is 25.1 Å². The third-order valence-electron chi connectivity index (χ3n) is 3.13. The minimum Gasteiger partial charge on any atom is -0.370 e. The Labute approximate surface area is 123 Å². The summed E-state index contributed by atoms with van der Waals surface area (Å²) in [5.41, 5.74) is 7.64. The second-order valence-electron chi connectivity index (χ2n) is 4.39. The third kappa shape index (κ3) is 3.19. The molecule has 0 radical (unpaired) electrons. The fraction of sp³-hybridized carbons (Fsp3) is 0.462. The first kappa shape index (κ1) is 14.6. The number of hydrogen-bond donors (Lipinski definition) is 1. The summed E-state index contributed by atoms with van der Waals surface area (Å²) in [6.07, 6.45) is 6.07. The summed E-state index contributed by atoms with van der Waals surface area (Å²) in [5.74, 6) is 0.589. The van der Waals surface area contributed by atoms with Gasteiger partial charge in [0.05, 0.1) is 6.20 Å².